The van der Waals surface area contributed by atoms with Gasteiger partial charge in [-0.25, -0.2) is 14.5 Å². The van der Waals surface area contributed by atoms with Crippen LogP contribution in [0.4, 0.5) is 5.82 Å². The summed E-state index contributed by atoms with van der Waals surface area (Å²) in [6.45, 7) is 4.96. The zero-order valence-corrected chi connectivity index (χ0v) is 24.2. The van der Waals surface area contributed by atoms with Crippen LogP contribution < -0.4 is 20.7 Å². The normalized spacial score (nSPS) is 15.4. The molecule has 214 valence electrons. The zero-order valence-electron chi connectivity index (χ0n) is 22.6. The molecule has 2 heterocycles. The van der Waals surface area contributed by atoms with Crippen LogP contribution in [0, 0.1) is 0 Å². The van der Waals surface area contributed by atoms with E-state index >= 15 is 0 Å². The first-order valence-electron chi connectivity index (χ1n) is 12.5. The number of amides is 1. The lowest BCUT2D eigenvalue weighted by molar-refractivity contribution is -0.138. The summed E-state index contributed by atoms with van der Waals surface area (Å²) in [6.07, 6.45) is 0. The van der Waals surface area contributed by atoms with Crippen LogP contribution in [-0.2, 0) is 31.8 Å². The second-order valence-electron chi connectivity index (χ2n) is 9.24. The number of halogens is 1. The first kappa shape index (κ1) is 29.7. The molecular weight excluding hydrogens is 559 g/mol. The lowest BCUT2D eigenvalue weighted by Gasteiger charge is -2.31. The molecule has 3 atom stereocenters. The molecule has 2 unspecified atom stereocenters. The highest BCUT2D eigenvalue weighted by Crippen LogP contribution is 2.48. The number of fused-ring (bicyclic) bond motifs is 3. The van der Waals surface area contributed by atoms with E-state index in [1.807, 2.05) is 31.2 Å². The number of nitrogen functional groups attached to an aromatic ring is 1. The number of imidazole rings is 1. The fraction of sp³-hybridized carbons (Fsp3) is 0.346. The number of aliphatic hydroxyl groups is 1. The van der Waals surface area contributed by atoms with Gasteiger partial charge in [-0.1, -0.05) is 29.8 Å². The first-order chi connectivity index (χ1) is 18.9. The van der Waals surface area contributed by atoms with Gasteiger partial charge in [0, 0.05) is 24.1 Å². The number of carbonyl (C=O) groups is 1. The van der Waals surface area contributed by atoms with Crippen LogP contribution in [0.15, 0.2) is 48.5 Å². The van der Waals surface area contributed by atoms with Crippen molar-refractivity contribution in [1.82, 2.24) is 24.9 Å². The average molecular weight is 591 g/mol. The molecule has 2 aromatic heterocycles. The number of hydrogen-bond donors (Lipinski definition) is 4. The zero-order chi connectivity index (χ0) is 29.1. The molecule has 0 aliphatic rings. The molecule has 4 aromatic rings. The number of aromatic nitrogens is 3. The van der Waals surface area contributed by atoms with Gasteiger partial charge in [-0.05, 0) is 51.1 Å². The van der Waals surface area contributed by atoms with Gasteiger partial charge in [0.05, 0.1) is 23.6 Å². The average Bonchev–Trinajstić information content (AvgIpc) is 3.25. The Bertz CT molecular complexity index is 1560. The summed E-state index contributed by atoms with van der Waals surface area (Å²) in [5.74, 6) is -1.76. The Labute approximate surface area is 236 Å². The first-order valence-corrected chi connectivity index (χ1v) is 14.5. The summed E-state index contributed by atoms with van der Waals surface area (Å²) in [7, 11) is -2.94. The van der Waals surface area contributed by atoms with Gasteiger partial charge in [0.25, 0.3) is 0 Å². The summed E-state index contributed by atoms with van der Waals surface area (Å²) < 4.78 is 32.8. The predicted octanol–water partition coefficient (Wildman–Crippen LogP) is 3.99. The van der Waals surface area contributed by atoms with E-state index in [0.29, 0.717) is 34.0 Å². The van der Waals surface area contributed by atoms with Crippen molar-refractivity contribution < 1.29 is 28.3 Å². The SMILES string of the molecule is CCOCc1nc2c(N)nc3ccccc3c2n1CC(C)(O)OP(=O)(N[C@@H](C)C(=O)NC)Oc1ccc(Cl)cc1. The second kappa shape index (κ2) is 12.1. The van der Waals surface area contributed by atoms with E-state index in [2.05, 4.69) is 20.4 Å². The molecule has 1 amide bonds. The molecule has 5 N–H and O–H groups in total. The number of benzene rings is 2. The minimum absolute atomic E-state index is 0.111. The minimum Gasteiger partial charge on any atom is -0.413 e. The highest BCUT2D eigenvalue weighted by atomic mass is 35.5. The minimum atomic E-state index is -4.38. The Balaban J connectivity index is 1.75. The molecular formula is C26H32ClN6O6P. The third kappa shape index (κ3) is 6.72. The summed E-state index contributed by atoms with van der Waals surface area (Å²) in [5, 5.41) is 17.8. The fourth-order valence-electron chi connectivity index (χ4n) is 4.18. The smallest absolute Gasteiger partial charge is 0.413 e. The van der Waals surface area contributed by atoms with Gasteiger partial charge in [-0.2, -0.15) is 5.09 Å². The fourth-order valence-corrected chi connectivity index (χ4v) is 6.01. The highest BCUT2D eigenvalue weighted by Gasteiger charge is 2.40. The van der Waals surface area contributed by atoms with Crippen molar-refractivity contribution >= 4 is 53.0 Å². The topological polar surface area (TPSA) is 163 Å². The van der Waals surface area contributed by atoms with Crippen molar-refractivity contribution in [3.05, 3.63) is 59.4 Å². The van der Waals surface area contributed by atoms with Gasteiger partial charge in [0.15, 0.2) is 11.6 Å². The van der Waals surface area contributed by atoms with Crippen LogP contribution in [0.25, 0.3) is 21.9 Å². The summed E-state index contributed by atoms with van der Waals surface area (Å²) in [6, 6.07) is 12.5. The summed E-state index contributed by atoms with van der Waals surface area (Å²) >= 11 is 5.97. The molecule has 0 fully saturated rings. The predicted molar refractivity (Wildman–Crippen MR) is 153 cm³/mol. The Hall–Kier alpha value is -3.25. The van der Waals surface area contributed by atoms with Gasteiger partial charge >= 0.3 is 7.75 Å². The Kier molecular flexibility index (Phi) is 8.99. The number of hydrogen-bond acceptors (Lipinski definition) is 9. The van der Waals surface area contributed by atoms with Crippen LogP contribution >= 0.6 is 19.3 Å². The lowest BCUT2D eigenvalue weighted by atomic mass is 10.2. The van der Waals surface area contributed by atoms with E-state index in [-0.39, 0.29) is 24.7 Å². The number of likely N-dealkylation sites (N-methyl/N-ethyl adjacent to an activating group) is 1. The van der Waals surface area contributed by atoms with Crippen LogP contribution in [-0.4, -0.2) is 51.0 Å². The molecule has 0 aliphatic heterocycles. The Morgan fingerprint density at radius 3 is 2.60 bits per heavy atom. The second-order valence-corrected chi connectivity index (χ2v) is 11.3. The van der Waals surface area contributed by atoms with Crippen LogP contribution in [0.3, 0.4) is 0 Å². The molecule has 0 bridgehead atoms. The van der Waals surface area contributed by atoms with E-state index in [9.17, 15) is 14.5 Å². The molecule has 0 saturated heterocycles. The number of pyridine rings is 1. The largest absolute Gasteiger partial charge is 0.462 e. The van der Waals surface area contributed by atoms with Crippen molar-refractivity contribution in [2.24, 2.45) is 0 Å². The lowest BCUT2D eigenvalue weighted by Crippen LogP contribution is -2.43. The van der Waals surface area contributed by atoms with Gasteiger partial charge < -0.3 is 30.0 Å². The van der Waals surface area contributed by atoms with Gasteiger partial charge in [-0.3, -0.25) is 9.32 Å². The van der Waals surface area contributed by atoms with E-state index in [1.54, 1.807) is 16.7 Å². The number of carbonyl (C=O) groups excluding carboxylic acids is 1. The van der Waals surface area contributed by atoms with E-state index in [4.69, 9.17) is 31.1 Å². The Morgan fingerprint density at radius 1 is 1.23 bits per heavy atom. The third-order valence-corrected chi connectivity index (χ3v) is 7.96. The number of rotatable bonds is 12. The molecule has 14 heteroatoms. The van der Waals surface area contributed by atoms with E-state index in [1.165, 1.54) is 33.0 Å². The Morgan fingerprint density at radius 2 is 1.93 bits per heavy atom. The molecule has 0 spiro atoms. The maximum absolute atomic E-state index is 14.0. The van der Waals surface area contributed by atoms with Crippen molar-refractivity contribution in [1.29, 1.82) is 0 Å². The molecule has 12 nitrogen and oxygen atoms in total. The maximum Gasteiger partial charge on any atom is 0.462 e. The molecule has 4 rings (SSSR count). The molecule has 0 saturated carbocycles. The van der Waals surface area contributed by atoms with Crippen LogP contribution in [0.1, 0.15) is 26.6 Å². The molecule has 0 aliphatic carbocycles. The summed E-state index contributed by atoms with van der Waals surface area (Å²) in [5.41, 5.74) is 7.91. The van der Waals surface area contributed by atoms with Gasteiger partial charge in [0.1, 0.15) is 23.7 Å². The number of nitrogens with one attached hydrogen (secondary N) is 2. The van der Waals surface area contributed by atoms with Crippen molar-refractivity contribution in [3.8, 4) is 5.75 Å². The monoisotopic (exact) mass is 590 g/mol. The van der Waals surface area contributed by atoms with Crippen molar-refractivity contribution in [3.63, 3.8) is 0 Å². The van der Waals surface area contributed by atoms with Crippen molar-refractivity contribution in [2.45, 2.75) is 45.8 Å². The van der Waals surface area contributed by atoms with Crippen molar-refractivity contribution in [2.75, 3.05) is 19.4 Å². The highest BCUT2D eigenvalue weighted by molar-refractivity contribution is 7.52. The number of nitrogens with two attached hydrogens (primary N) is 1. The summed E-state index contributed by atoms with van der Waals surface area (Å²) in [4.78, 5) is 21.3. The quantitative estimate of drug-likeness (QED) is 0.140. The van der Waals surface area contributed by atoms with Crippen LogP contribution in [0.2, 0.25) is 5.02 Å². The standard InChI is InChI=1S/C26H32ClN6O6P/c1-5-37-14-21-31-22-23(19-8-6-7-9-20(19)30-24(22)28)33(21)15-26(3,35)39-40(36,32-16(2)25(34)29-4)38-18-12-10-17(27)11-13-18/h6-13,16,35H,5,14-15H2,1-4H3,(H2,28,30)(H,29,34)(H,32,36)/t16-,26?,40?/m0/s1. The number of para-hydroxylation sites is 1. The third-order valence-electron chi connectivity index (χ3n) is 5.92. The van der Waals surface area contributed by atoms with Gasteiger partial charge in [0.2, 0.25) is 5.91 Å². The molecule has 40 heavy (non-hydrogen) atoms. The number of anilines is 1. The maximum atomic E-state index is 14.0. The van der Waals surface area contributed by atoms with Gasteiger partial charge in [-0.15, -0.1) is 0 Å². The number of ether oxygens (including phenoxy) is 1. The van der Waals surface area contributed by atoms with E-state index in [0.717, 1.165) is 5.39 Å². The molecule has 0 radical (unpaired) electrons. The van der Waals surface area contributed by atoms with E-state index < -0.39 is 25.5 Å². The number of nitrogens with zero attached hydrogens (tertiary/aromatic N) is 3. The molecule has 2 aromatic carbocycles. The van der Waals surface area contributed by atoms with Crippen LogP contribution in [0.5, 0.6) is 5.75 Å².